The number of rotatable bonds is 5. The van der Waals surface area contributed by atoms with Gasteiger partial charge >= 0.3 is 0 Å². The van der Waals surface area contributed by atoms with Crippen molar-refractivity contribution >= 4 is 18.3 Å². The average Bonchev–Trinajstić information content (AvgIpc) is 3.09. The molecule has 24 heavy (non-hydrogen) atoms. The fourth-order valence-electron chi connectivity index (χ4n) is 3.67. The molecule has 1 saturated carbocycles. The van der Waals surface area contributed by atoms with Crippen molar-refractivity contribution < 1.29 is 13.9 Å². The maximum Gasteiger partial charge on any atom is 0.222 e. The Labute approximate surface area is 148 Å². The molecule has 1 aromatic rings. The van der Waals surface area contributed by atoms with Crippen molar-refractivity contribution in [2.45, 2.75) is 44.2 Å². The number of carbonyl (C=O) groups excluding carboxylic acids is 1. The lowest BCUT2D eigenvalue weighted by Gasteiger charge is -2.28. The molecule has 1 amide bonds. The molecular formula is C18H26ClFN2O2. The van der Waals surface area contributed by atoms with Crippen LogP contribution in [0, 0.1) is 11.7 Å². The van der Waals surface area contributed by atoms with Crippen LogP contribution >= 0.6 is 12.4 Å². The van der Waals surface area contributed by atoms with Gasteiger partial charge in [-0.3, -0.25) is 4.79 Å². The normalized spacial score (nSPS) is 22.6. The first-order valence-corrected chi connectivity index (χ1v) is 8.59. The zero-order valence-electron chi connectivity index (χ0n) is 13.8. The summed E-state index contributed by atoms with van der Waals surface area (Å²) in [6, 6.07) is 6.61. The first-order chi connectivity index (χ1) is 11.2. The summed E-state index contributed by atoms with van der Waals surface area (Å²) in [5.41, 5.74) is 0.612. The van der Waals surface area contributed by atoms with E-state index in [9.17, 15) is 9.18 Å². The van der Waals surface area contributed by atoms with Crippen molar-refractivity contribution in [1.29, 1.82) is 0 Å². The van der Waals surface area contributed by atoms with Crippen molar-refractivity contribution in [1.82, 2.24) is 10.6 Å². The number of ether oxygens (including phenoxy) is 1. The topological polar surface area (TPSA) is 50.4 Å². The van der Waals surface area contributed by atoms with Crippen LogP contribution in [-0.4, -0.2) is 31.7 Å². The van der Waals surface area contributed by atoms with Crippen molar-refractivity contribution in [3.05, 3.63) is 35.6 Å². The van der Waals surface area contributed by atoms with E-state index < -0.39 is 0 Å². The molecule has 1 aliphatic heterocycles. The van der Waals surface area contributed by atoms with E-state index in [0.717, 1.165) is 32.2 Å². The smallest absolute Gasteiger partial charge is 0.222 e. The number of hydrogen-bond donors (Lipinski definition) is 2. The first-order valence-electron chi connectivity index (χ1n) is 8.59. The Morgan fingerprint density at radius 3 is 2.75 bits per heavy atom. The Balaban J connectivity index is 0.00000208. The van der Waals surface area contributed by atoms with Gasteiger partial charge in [0.25, 0.3) is 0 Å². The number of halogens is 2. The van der Waals surface area contributed by atoms with Crippen molar-refractivity contribution in [2.75, 3.05) is 19.8 Å². The molecule has 1 heterocycles. The summed E-state index contributed by atoms with van der Waals surface area (Å²) >= 11 is 0. The van der Waals surface area contributed by atoms with Crippen molar-refractivity contribution in [3.8, 4) is 0 Å². The lowest BCUT2D eigenvalue weighted by atomic mass is 9.91. The molecule has 1 aliphatic carbocycles. The average molecular weight is 357 g/mol. The van der Waals surface area contributed by atoms with Crippen molar-refractivity contribution in [3.63, 3.8) is 0 Å². The SMILES string of the molecule is Cl.O=C(CC1COCCN1)NC(c1ccccc1F)C1CCCC1. The van der Waals surface area contributed by atoms with Crippen LogP contribution in [0.1, 0.15) is 43.7 Å². The maximum absolute atomic E-state index is 14.2. The molecule has 1 aromatic carbocycles. The van der Waals surface area contributed by atoms with Gasteiger partial charge in [0.1, 0.15) is 5.82 Å². The highest BCUT2D eigenvalue weighted by atomic mass is 35.5. The molecule has 2 fully saturated rings. The molecule has 0 radical (unpaired) electrons. The third-order valence-corrected chi connectivity index (χ3v) is 4.86. The summed E-state index contributed by atoms with van der Waals surface area (Å²) in [4.78, 5) is 12.4. The number of hydrogen-bond acceptors (Lipinski definition) is 3. The van der Waals surface area contributed by atoms with Crippen LogP contribution in [-0.2, 0) is 9.53 Å². The Kier molecular flexibility index (Phi) is 7.46. The van der Waals surface area contributed by atoms with E-state index in [0.29, 0.717) is 31.1 Å². The van der Waals surface area contributed by atoms with Crippen LogP contribution in [0.4, 0.5) is 4.39 Å². The van der Waals surface area contributed by atoms with Crippen LogP contribution in [0.2, 0.25) is 0 Å². The minimum Gasteiger partial charge on any atom is -0.378 e. The van der Waals surface area contributed by atoms with Crippen LogP contribution in [0.25, 0.3) is 0 Å². The number of benzene rings is 1. The van der Waals surface area contributed by atoms with Gasteiger partial charge < -0.3 is 15.4 Å². The van der Waals surface area contributed by atoms with Crippen molar-refractivity contribution in [2.24, 2.45) is 5.92 Å². The van der Waals surface area contributed by atoms with Gasteiger partial charge in [0.05, 0.1) is 19.3 Å². The lowest BCUT2D eigenvalue weighted by Crippen LogP contribution is -2.45. The summed E-state index contributed by atoms with van der Waals surface area (Å²) < 4.78 is 19.6. The van der Waals surface area contributed by atoms with Crippen LogP contribution in [0.15, 0.2) is 24.3 Å². The maximum atomic E-state index is 14.2. The molecule has 2 aliphatic rings. The lowest BCUT2D eigenvalue weighted by molar-refractivity contribution is -0.123. The Morgan fingerprint density at radius 2 is 2.08 bits per heavy atom. The molecule has 2 unspecified atom stereocenters. The van der Waals surface area contributed by atoms with Crippen LogP contribution in [0.5, 0.6) is 0 Å². The third kappa shape index (κ3) is 4.91. The summed E-state index contributed by atoms with van der Waals surface area (Å²) in [6.07, 6.45) is 4.78. The summed E-state index contributed by atoms with van der Waals surface area (Å²) in [5.74, 6) is 0.0587. The van der Waals surface area contributed by atoms with Gasteiger partial charge in [-0.05, 0) is 24.8 Å². The van der Waals surface area contributed by atoms with E-state index in [2.05, 4.69) is 10.6 Å². The molecule has 3 rings (SSSR count). The zero-order chi connectivity index (χ0) is 16.1. The van der Waals surface area contributed by atoms with Gasteiger partial charge in [0.2, 0.25) is 5.91 Å². The standard InChI is InChI=1S/C18H25FN2O2.ClH/c19-16-8-4-3-7-15(16)18(13-5-1-2-6-13)21-17(22)11-14-12-23-10-9-20-14;/h3-4,7-8,13-14,18,20H,1-2,5-6,9-12H2,(H,21,22);1H. The highest BCUT2D eigenvalue weighted by Crippen LogP contribution is 2.36. The molecule has 4 nitrogen and oxygen atoms in total. The predicted molar refractivity (Wildman–Crippen MR) is 93.7 cm³/mol. The summed E-state index contributed by atoms with van der Waals surface area (Å²) in [6.45, 7) is 2.02. The van der Waals surface area contributed by atoms with E-state index in [1.54, 1.807) is 12.1 Å². The Bertz CT molecular complexity index is 532. The Hall–Kier alpha value is -1.17. The molecule has 134 valence electrons. The molecule has 2 N–H and O–H groups in total. The van der Waals surface area contributed by atoms with Gasteiger partial charge in [0, 0.05) is 24.6 Å². The molecule has 1 saturated heterocycles. The van der Waals surface area contributed by atoms with Gasteiger partial charge in [-0.25, -0.2) is 4.39 Å². The third-order valence-electron chi connectivity index (χ3n) is 4.86. The van der Waals surface area contributed by atoms with E-state index in [1.807, 2.05) is 6.07 Å². The number of morpholine rings is 1. The molecule has 6 heteroatoms. The van der Waals surface area contributed by atoms with Gasteiger partial charge in [-0.1, -0.05) is 31.0 Å². The fraction of sp³-hybridized carbons (Fsp3) is 0.611. The second-order valence-electron chi connectivity index (χ2n) is 6.54. The molecule has 2 atom stereocenters. The monoisotopic (exact) mass is 356 g/mol. The fourth-order valence-corrected chi connectivity index (χ4v) is 3.67. The minimum atomic E-state index is -0.233. The van der Waals surface area contributed by atoms with E-state index >= 15 is 0 Å². The summed E-state index contributed by atoms with van der Waals surface area (Å²) in [7, 11) is 0. The second-order valence-corrected chi connectivity index (χ2v) is 6.54. The van der Waals surface area contributed by atoms with Gasteiger partial charge in [-0.2, -0.15) is 0 Å². The molecule has 0 aromatic heterocycles. The van der Waals surface area contributed by atoms with Crippen LogP contribution < -0.4 is 10.6 Å². The minimum absolute atomic E-state index is 0. The molecule has 0 spiro atoms. The van der Waals surface area contributed by atoms with Gasteiger partial charge in [0.15, 0.2) is 0 Å². The van der Waals surface area contributed by atoms with E-state index in [-0.39, 0.29) is 36.2 Å². The Morgan fingerprint density at radius 1 is 1.33 bits per heavy atom. The first kappa shape index (κ1) is 19.2. The summed E-state index contributed by atoms with van der Waals surface area (Å²) in [5, 5.41) is 6.37. The zero-order valence-corrected chi connectivity index (χ0v) is 14.6. The van der Waals surface area contributed by atoms with Gasteiger partial charge in [-0.15, -0.1) is 12.4 Å². The number of carbonyl (C=O) groups is 1. The van der Waals surface area contributed by atoms with E-state index in [4.69, 9.17) is 4.74 Å². The quantitative estimate of drug-likeness (QED) is 0.852. The van der Waals surface area contributed by atoms with E-state index in [1.165, 1.54) is 6.07 Å². The second kappa shape index (κ2) is 9.35. The van der Waals surface area contributed by atoms with Crippen LogP contribution in [0.3, 0.4) is 0 Å². The highest BCUT2D eigenvalue weighted by molar-refractivity contribution is 5.85. The largest absolute Gasteiger partial charge is 0.378 e. The number of amides is 1. The molecular weight excluding hydrogens is 331 g/mol. The number of nitrogens with one attached hydrogen (secondary N) is 2. The molecule has 0 bridgehead atoms. The highest BCUT2D eigenvalue weighted by Gasteiger charge is 2.30. The predicted octanol–water partition coefficient (Wildman–Crippen LogP) is 2.97.